The van der Waals surface area contributed by atoms with Crippen LogP contribution in [0.3, 0.4) is 0 Å². The molecule has 0 bridgehead atoms. The zero-order valence-corrected chi connectivity index (χ0v) is 10.7. The van der Waals surface area contributed by atoms with Gasteiger partial charge >= 0.3 is 0 Å². The van der Waals surface area contributed by atoms with E-state index in [1.165, 1.54) is 37.8 Å². The van der Waals surface area contributed by atoms with E-state index in [9.17, 15) is 0 Å². The van der Waals surface area contributed by atoms with E-state index in [0.29, 0.717) is 5.92 Å². The van der Waals surface area contributed by atoms with Gasteiger partial charge in [0.2, 0.25) is 0 Å². The number of nitrogens with two attached hydrogens (primary N) is 1. The molecule has 0 saturated heterocycles. The van der Waals surface area contributed by atoms with Crippen LogP contribution < -0.4 is 5.73 Å². The van der Waals surface area contributed by atoms with E-state index in [-0.39, 0.29) is 6.04 Å². The summed E-state index contributed by atoms with van der Waals surface area (Å²) in [5, 5.41) is 0. The molecule has 3 heteroatoms. The molecule has 0 amide bonds. The molecule has 1 aromatic rings. The average Bonchev–Trinajstić information content (AvgIpc) is 2.38. The number of aromatic nitrogens is 2. The van der Waals surface area contributed by atoms with Crippen LogP contribution in [0.5, 0.6) is 0 Å². The largest absolute Gasteiger partial charge is 0.328 e. The summed E-state index contributed by atoms with van der Waals surface area (Å²) < 4.78 is 0. The fourth-order valence-electron chi connectivity index (χ4n) is 2.52. The van der Waals surface area contributed by atoms with Crippen LogP contribution >= 0.6 is 0 Å². The van der Waals surface area contributed by atoms with Crippen LogP contribution in [0.15, 0.2) is 12.3 Å². The maximum atomic E-state index is 5.77. The highest BCUT2D eigenvalue weighted by Crippen LogP contribution is 2.31. The van der Waals surface area contributed by atoms with Crippen molar-refractivity contribution >= 4 is 0 Å². The molecule has 2 rings (SSSR count). The summed E-state index contributed by atoms with van der Waals surface area (Å²) in [6.45, 7) is 2.03. The van der Waals surface area contributed by atoms with Gasteiger partial charge in [0.25, 0.3) is 0 Å². The number of hydrogen-bond donors (Lipinski definition) is 1. The smallest absolute Gasteiger partial charge is 0.128 e. The lowest BCUT2D eigenvalue weighted by Gasteiger charge is -2.21. The first-order valence-corrected chi connectivity index (χ1v) is 6.83. The molecule has 1 heterocycles. The molecule has 0 spiro atoms. The van der Waals surface area contributed by atoms with E-state index in [1.54, 1.807) is 0 Å². The second kappa shape index (κ2) is 6.10. The third kappa shape index (κ3) is 3.77. The van der Waals surface area contributed by atoms with Crippen molar-refractivity contribution in [2.45, 2.75) is 63.8 Å². The van der Waals surface area contributed by atoms with Crippen LogP contribution in [-0.4, -0.2) is 16.0 Å². The summed E-state index contributed by atoms with van der Waals surface area (Å²) in [5.74, 6) is 1.63. The van der Waals surface area contributed by atoms with Crippen molar-refractivity contribution in [2.75, 3.05) is 0 Å². The maximum Gasteiger partial charge on any atom is 0.128 e. The van der Waals surface area contributed by atoms with Crippen LogP contribution in [0.25, 0.3) is 0 Å². The second-order valence-electron chi connectivity index (χ2n) is 5.25. The minimum absolute atomic E-state index is 0.233. The average molecular weight is 233 g/mol. The zero-order valence-electron chi connectivity index (χ0n) is 10.7. The molecule has 3 nitrogen and oxygen atoms in total. The van der Waals surface area contributed by atoms with E-state index in [0.717, 1.165) is 18.7 Å². The van der Waals surface area contributed by atoms with Gasteiger partial charge in [-0.2, -0.15) is 0 Å². The van der Waals surface area contributed by atoms with Gasteiger partial charge in [0, 0.05) is 30.3 Å². The Balaban J connectivity index is 2.00. The molecule has 1 saturated carbocycles. The quantitative estimate of drug-likeness (QED) is 0.870. The van der Waals surface area contributed by atoms with Crippen LogP contribution in [0.1, 0.15) is 62.9 Å². The van der Waals surface area contributed by atoms with Crippen molar-refractivity contribution < 1.29 is 0 Å². The van der Waals surface area contributed by atoms with Gasteiger partial charge in [0.1, 0.15) is 5.82 Å². The van der Waals surface area contributed by atoms with Crippen molar-refractivity contribution in [3.63, 3.8) is 0 Å². The van der Waals surface area contributed by atoms with Crippen molar-refractivity contribution in [3.8, 4) is 0 Å². The van der Waals surface area contributed by atoms with Gasteiger partial charge in [0.05, 0.1) is 0 Å². The summed E-state index contributed by atoms with van der Waals surface area (Å²) in [6, 6.07) is 2.32. The maximum absolute atomic E-state index is 5.77. The minimum atomic E-state index is 0.233. The monoisotopic (exact) mass is 233 g/mol. The van der Waals surface area contributed by atoms with Crippen LogP contribution in [0, 0.1) is 0 Å². The van der Waals surface area contributed by atoms with Crippen molar-refractivity contribution in [1.29, 1.82) is 0 Å². The van der Waals surface area contributed by atoms with Crippen LogP contribution in [0.2, 0.25) is 0 Å². The van der Waals surface area contributed by atoms with Gasteiger partial charge in [-0.25, -0.2) is 9.97 Å². The topological polar surface area (TPSA) is 51.8 Å². The lowest BCUT2D eigenvalue weighted by atomic mass is 9.87. The Morgan fingerprint density at radius 2 is 2.12 bits per heavy atom. The van der Waals surface area contributed by atoms with E-state index in [4.69, 9.17) is 10.7 Å². The van der Waals surface area contributed by atoms with E-state index in [1.807, 2.05) is 13.1 Å². The molecular weight excluding hydrogens is 210 g/mol. The van der Waals surface area contributed by atoms with E-state index >= 15 is 0 Å². The SMILES string of the molecule is CC(N)CCc1nccc(C2CCCCC2)n1. The van der Waals surface area contributed by atoms with Gasteiger partial charge in [-0.1, -0.05) is 19.3 Å². The fraction of sp³-hybridized carbons (Fsp3) is 0.714. The first kappa shape index (κ1) is 12.5. The molecule has 1 fully saturated rings. The third-order valence-corrected chi connectivity index (χ3v) is 3.57. The summed E-state index contributed by atoms with van der Waals surface area (Å²) in [6.07, 6.45) is 10.5. The molecule has 94 valence electrons. The minimum Gasteiger partial charge on any atom is -0.328 e. The predicted molar refractivity (Wildman–Crippen MR) is 69.8 cm³/mol. The molecular formula is C14H23N3. The Morgan fingerprint density at radius 3 is 2.82 bits per heavy atom. The number of nitrogens with zero attached hydrogens (tertiary/aromatic N) is 2. The summed E-state index contributed by atoms with van der Waals surface area (Å²) >= 11 is 0. The Hall–Kier alpha value is -0.960. The van der Waals surface area contributed by atoms with Gasteiger partial charge in [-0.15, -0.1) is 0 Å². The van der Waals surface area contributed by atoms with Crippen molar-refractivity contribution in [2.24, 2.45) is 5.73 Å². The number of rotatable bonds is 4. The number of aryl methyl sites for hydroxylation is 1. The lowest BCUT2D eigenvalue weighted by Crippen LogP contribution is -2.16. The number of hydrogen-bond acceptors (Lipinski definition) is 3. The molecule has 2 N–H and O–H groups in total. The molecule has 0 radical (unpaired) electrons. The molecule has 1 aliphatic carbocycles. The summed E-state index contributed by atoms with van der Waals surface area (Å²) in [4.78, 5) is 9.04. The first-order valence-electron chi connectivity index (χ1n) is 6.83. The molecule has 1 atom stereocenters. The summed E-state index contributed by atoms with van der Waals surface area (Å²) in [7, 11) is 0. The second-order valence-corrected chi connectivity index (χ2v) is 5.25. The van der Waals surface area contributed by atoms with E-state index in [2.05, 4.69) is 11.1 Å². The van der Waals surface area contributed by atoms with Gasteiger partial charge < -0.3 is 5.73 Å². The van der Waals surface area contributed by atoms with Crippen molar-refractivity contribution in [3.05, 3.63) is 23.8 Å². The molecule has 0 aliphatic heterocycles. The third-order valence-electron chi connectivity index (χ3n) is 3.57. The Labute approximate surface area is 104 Å². The van der Waals surface area contributed by atoms with Crippen LogP contribution in [-0.2, 0) is 6.42 Å². The highest BCUT2D eigenvalue weighted by atomic mass is 14.9. The zero-order chi connectivity index (χ0) is 12.1. The standard InChI is InChI=1S/C14H23N3/c1-11(15)7-8-14-16-10-9-13(17-14)12-5-3-2-4-6-12/h9-12H,2-8,15H2,1H3. The Bertz CT molecular complexity index is 343. The summed E-state index contributed by atoms with van der Waals surface area (Å²) in [5.41, 5.74) is 7.01. The van der Waals surface area contributed by atoms with Gasteiger partial charge in [0.15, 0.2) is 0 Å². The van der Waals surface area contributed by atoms with Crippen LogP contribution in [0.4, 0.5) is 0 Å². The molecule has 1 aromatic heterocycles. The lowest BCUT2D eigenvalue weighted by molar-refractivity contribution is 0.435. The molecule has 1 unspecified atom stereocenters. The molecule has 0 aromatic carbocycles. The van der Waals surface area contributed by atoms with Crippen molar-refractivity contribution in [1.82, 2.24) is 9.97 Å². The Kier molecular flexibility index (Phi) is 4.49. The molecule has 1 aliphatic rings. The first-order chi connectivity index (χ1) is 8.25. The normalized spacial score (nSPS) is 19.2. The van der Waals surface area contributed by atoms with Gasteiger partial charge in [-0.3, -0.25) is 0 Å². The fourth-order valence-corrected chi connectivity index (χ4v) is 2.52. The highest BCUT2D eigenvalue weighted by Gasteiger charge is 2.17. The highest BCUT2D eigenvalue weighted by molar-refractivity contribution is 5.09. The predicted octanol–water partition coefficient (Wildman–Crippen LogP) is 2.80. The van der Waals surface area contributed by atoms with E-state index < -0.39 is 0 Å². The van der Waals surface area contributed by atoms with Gasteiger partial charge in [-0.05, 0) is 32.3 Å². The Morgan fingerprint density at radius 1 is 1.35 bits per heavy atom. The molecule has 17 heavy (non-hydrogen) atoms.